The molecule has 5 nitrogen and oxygen atoms in total. The number of thiophene rings is 1. The predicted octanol–water partition coefficient (Wildman–Crippen LogP) is 2.84. The van der Waals surface area contributed by atoms with Gasteiger partial charge < -0.3 is 10.1 Å². The Labute approximate surface area is 130 Å². The minimum atomic E-state index is -0.519. The van der Waals surface area contributed by atoms with E-state index >= 15 is 0 Å². The smallest absolute Gasteiger partial charge is 0.350 e. The minimum absolute atomic E-state index is 0.0331. The van der Waals surface area contributed by atoms with Crippen molar-refractivity contribution < 1.29 is 19.1 Å². The van der Waals surface area contributed by atoms with Crippen LogP contribution >= 0.6 is 11.3 Å². The van der Waals surface area contributed by atoms with Crippen LogP contribution in [0.25, 0.3) is 0 Å². The first kappa shape index (κ1) is 14.5. The maximum absolute atomic E-state index is 12.5. The molecule has 0 saturated carbocycles. The molecule has 1 atom stereocenters. The Bertz CT molecular complexity index is 765. The molecule has 6 heteroatoms. The van der Waals surface area contributed by atoms with Crippen molar-refractivity contribution >= 4 is 34.7 Å². The van der Waals surface area contributed by atoms with Gasteiger partial charge in [-0.25, -0.2) is 4.79 Å². The second kappa shape index (κ2) is 5.73. The first-order valence-corrected chi connectivity index (χ1v) is 7.58. The molecule has 0 spiro atoms. The van der Waals surface area contributed by atoms with E-state index in [4.69, 9.17) is 0 Å². The predicted molar refractivity (Wildman–Crippen MR) is 82.4 cm³/mol. The summed E-state index contributed by atoms with van der Waals surface area (Å²) in [6.07, 6.45) is 0.156. The number of rotatable bonds is 3. The van der Waals surface area contributed by atoms with Crippen LogP contribution in [0.5, 0.6) is 0 Å². The molecule has 0 unspecified atom stereocenters. The third-order valence-electron chi connectivity index (χ3n) is 3.64. The van der Waals surface area contributed by atoms with Crippen LogP contribution in [0.1, 0.15) is 37.9 Å². The highest BCUT2D eigenvalue weighted by Gasteiger charge is 2.34. The Hall–Kier alpha value is -2.47. The standard InChI is InChI=1S/C16H13NO4S/c1-21-16(20)14-12(6-7-22-14)17-15(19)11-8-13(18)10-5-3-2-4-9(10)11/h2-7,11H,8H2,1H3,(H,17,19)/t11-/m0/s1. The summed E-state index contributed by atoms with van der Waals surface area (Å²) < 4.78 is 4.68. The average molecular weight is 315 g/mol. The van der Waals surface area contributed by atoms with Crippen LogP contribution in [0, 0.1) is 0 Å². The molecule has 0 saturated heterocycles. The van der Waals surface area contributed by atoms with Crippen molar-refractivity contribution in [1.82, 2.24) is 0 Å². The summed E-state index contributed by atoms with van der Waals surface area (Å²) in [5.41, 5.74) is 1.75. The van der Waals surface area contributed by atoms with Crippen molar-refractivity contribution in [2.45, 2.75) is 12.3 Å². The van der Waals surface area contributed by atoms with E-state index in [2.05, 4.69) is 10.1 Å². The lowest BCUT2D eigenvalue weighted by Gasteiger charge is -2.11. The van der Waals surface area contributed by atoms with Gasteiger partial charge in [0, 0.05) is 12.0 Å². The van der Waals surface area contributed by atoms with E-state index in [-0.39, 0.29) is 18.1 Å². The molecule has 0 radical (unpaired) electrons. The van der Waals surface area contributed by atoms with E-state index in [0.29, 0.717) is 16.1 Å². The number of amides is 1. The quantitative estimate of drug-likeness (QED) is 0.884. The number of anilines is 1. The average Bonchev–Trinajstić information content (AvgIpc) is 3.12. The summed E-state index contributed by atoms with van der Waals surface area (Å²) in [7, 11) is 1.29. The summed E-state index contributed by atoms with van der Waals surface area (Å²) in [5.74, 6) is -1.33. The molecule has 1 aromatic heterocycles. The van der Waals surface area contributed by atoms with Gasteiger partial charge in [-0.05, 0) is 17.0 Å². The molecule has 0 fully saturated rings. The summed E-state index contributed by atoms with van der Waals surface area (Å²) >= 11 is 1.20. The van der Waals surface area contributed by atoms with E-state index in [0.717, 1.165) is 5.56 Å². The Morgan fingerprint density at radius 2 is 2.05 bits per heavy atom. The number of carbonyl (C=O) groups excluding carboxylic acids is 3. The maximum Gasteiger partial charge on any atom is 0.350 e. The second-order valence-electron chi connectivity index (χ2n) is 4.91. The number of hydrogen-bond acceptors (Lipinski definition) is 5. The third kappa shape index (κ3) is 2.42. The molecule has 2 aromatic rings. The van der Waals surface area contributed by atoms with Crippen LogP contribution in [0.3, 0.4) is 0 Å². The third-order valence-corrected chi connectivity index (χ3v) is 4.53. The van der Waals surface area contributed by atoms with E-state index in [1.54, 1.807) is 29.6 Å². The van der Waals surface area contributed by atoms with Crippen LogP contribution in [0.2, 0.25) is 0 Å². The number of ketones is 1. The van der Waals surface area contributed by atoms with Gasteiger partial charge in [-0.1, -0.05) is 24.3 Å². The van der Waals surface area contributed by atoms with Crippen LogP contribution < -0.4 is 5.32 Å². The molecule has 3 rings (SSSR count). The first-order chi connectivity index (χ1) is 10.6. The Kier molecular flexibility index (Phi) is 3.77. The summed E-state index contributed by atoms with van der Waals surface area (Å²) in [6.45, 7) is 0. The normalized spacial score (nSPS) is 16.2. The first-order valence-electron chi connectivity index (χ1n) is 6.70. The number of methoxy groups -OCH3 is 1. The molecular formula is C16H13NO4S. The van der Waals surface area contributed by atoms with Crippen LogP contribution in [0.15, 0.2) is 35.7 Å². The molecule has 1 heterocycles. The van der Waals surface area contributed by atoms with Crippen molar-refractivity contribution in [2.75, 3.05) is 12.4 Å². The van der Waals surface area contributed by atoms with Crippen molar-refractivity contribution in [3.63, 3.8) is 0 Å². The van der Waals surface area contributed by atoms with Gasteiger partial charge in [0.05, 0.1) is 18.7 Å². The monoisotopic (exact) mass is 315 g/mol. The fourth-order valence-electron chi connectivity index (χ4n) is 2.57. The number of fused-ring (bicyclic) bond motifs is 1. The molecule has 0 aliphatic heterocycles. The van der Waals surface area contributed by atoms with Gasteiger partial charge in [0.15, 0.2) is 5.78 Å². The van der Waals surface area contributed by atoms with Gasteiger partial charge in [-0.3, -0.25) is 9.59 Å². The molecule has 22 heavy (non-hydrogen) atoms. The van der Waals surface area contributed by atoms with Crippen LogP contribution in [0.4, 0.5) is 5.69 Å². The zero-order chi connectivity index (χ0) is 15.7. The topological polar surface area (TPSA) is 72.5 Å². The number of carbonyl (C=O) groups is 3. The number of hydrogen-bond donors (Lipinski definition) is 1. The van der Waals surface area contributed by atoms with Crippen molar-refractivity contribution in [2.24, 2.45) is 0 Å². The van der Waals surface area contributed by atoms with Gasteiger partial charge in [0.2, 0.25) is 5.91 Å². The zero-order valence-electron chi connectivity index (χ0n) is 11.8. The SMILES string of the molecule is COC(=O)c1sccc1NC(=O)[C@H]1CC(=O)c2ccccc21. The Morgan fingerprint density at radius 1 is 1.27 bits per heavy atom. The Balaban J connectivity index is 1.84. The minimum Gasteiger partial charge on any atom is -0.465 e. The fourth-order valence-corrected chi connectivity index (χ4v) is 3.34. The fraction of sp³-hybridized carbons (Fsp3) is 0.188. The van der Waals surface area contributed by atoms with Gasteiger partial charge >= 0.3 is 5.97 Å². The maximum atomic E-state index is 12.5. The van der Waals surface area contributed by atoms with Gasteiger partial charge in [-0.15, -0.1) is 11.3 Å². The molecule has 1 amide bonds. The van der Waals surface area contributed by atoms with Crippen molar-refractivity contribution in [1.29, 1.82) is 0 Å². The lowest BCUT2D eigenvalue weighted by Crippen LogP contribution is -2.20. The summed E-state index contributed by atoms with van der Waals surface area (Å²) in [6, 6.07) is 8.76. The molecule has 0 bridgehead atoms. The highest BCUT2D eigenvalue weighted by molar-refractivity contribution is 7.12. The zero-order valence-corrected chi connectivity index (χ0v) is 12.6. The van der Waals surface area contributed by atoms with E-state index in [9.17, 15) is 14.4 Å². The summed E-state index contributed by atoms with van der Waals surface area (Å²) in [4.78, 5) is 36.4. The lowest BCUT2D eigenvalue weighted by atomic mass is 10.0. The molecule has 1 aromatic carbocycles. The number of Topliss-reactive ketones (excluding diaryl/α,β-unsaturated/α-hetero) is 1. The summed E-state index contributed by atoms with van der Waals surface area (Å²) in [5, 5.41) is 4.43. The number of ether oxygens (including phenoxy) is 1. The molecule has 1 aliphatic rings. The highest BCUT2D eigenvalue weighted by Crippen LogP contribution is 2.34. The van der Waals surface area contributed by atoms with E-state index in [1.807, 2.05) is 6.07 Å². The van der Waals surface area contributed by atoms with Gasteiger partial charge in [0.1, 0.15) is 4.88 Å². The lowest BCUT2D eigenvalue weighted by molar-refractivity contribution is -0.117. The molecular weight excluding hydrogens is 302 g/mol. The highest BCUT2D eigenvalue weighted by atomic mass is 32.1. The van der Waals surface area contributed by atoms with Gasteiger partial charge in [-0.2, -0.15) is 0 Å². The molecule has 1 N–H and O–H groups in total. The van der Waals surface area contributed by atoms with E-state index in [1.165, 1.54) is 18.4 Å². The van der Waals surface area contributed by atoms with Gasteiger partial charge in [0.25, 0.3) is 0 Å². The largest absolute Gasteiger partial charge is 0.465 e. The van der Waals surface area contributed by atoms with Crippen molar-refractivity contribution in [3.05, 3.63) is 51.7 Å². The van der Waals surface area contributed by atoms with E-state index < -0.39 is 11.9 Å². The molecule has 1 aliphatic carbocycles. The number of esters is 1. The van der Waals surface area contributed by atoms with Crippen molar-refractivity contribution in [3.8, 4) is 0 Å². The molecule has 112 valence electrons. The van der Waals surface area contributed by atoms with Crippen LogP contribution in [-0.2, 0) is 9.53 Å². The second-order valence-corrected chi connectivity index (χ2v) is 5.83. The number of benzene rings is 1. The number of nitrogens with one attached hydrogen (secondary N) is 1. The Morgan fingerprint density at radius 3 is 2.82 bits per heavy atom. The van der Waals surface area contributed by atoms with Crippen LogP contribution in [-0.4, -0.2) is 24.8 Å².